The summed E-state index contributed by atoms with van der Waals surface area (Å²) in [6.07, 6.45) is 1.88. The predicted octanol–water partition coefficient (Wildman–Crippen LogP) is 3.17. The van der Waals surface area contributed by atoms with Gasteiger partial charge >= 0.3 is 0 Å². The molecular formula is C17H19NO. The van der Waals surface area contributed by atoms with Gasteiger partial charge in [-0.3, -0.25) is 0 Å². The summed E-state index contributed by atoms with van der Waals surface area (Å²) >= 11 is 0. The van der Waals surface area contributed by atoms with Gasteiger partial charge in [-0.05, 0) is 41.7 Å². The van der Waals surface area contributed by atoms with Gasteiger partial charge in [0.15, 0.2) is 0 Å². The molecule has 98 valence electrons. The average molecular weight is 253 g/mol. The number of hydrogen-bond donors (Lipinski definition) is 1. The van der Waals surface area contributed by atoms with Crippen LogP contribution in [0.5, 0.6) is 5.75 Å². The minimum atomic E-state index is 0.0481. The van der Waals surface area contributed by atoms with E-state index in [0.717, 1.165) is 25.2 Å². The quantitative estimate of drug-likeness (QED) is 0.912. The van der Waals surface area contributed by atoms with E-state index in [2.05, 4.69) is 49.4 Å². The summed E-state index contributed by atoms with van der Waals surface area (Å²) in [4.78, 5) is 0. The summed E-state index contributed by atoms with van der Waals surface area (Å²) in [5, 5.41) is 0. The van der Waals surface area contributed by atoms with Crippen molar-refractivity contribution in [2.75, 3.05) is 6.61 Å². The Balaban J connectivity index is 1.81. The van der Waals surface area contributed by atoms with Gasteiger partial charge in [0.25, 0.3) is 0 Å². The molecule has 1 atom stereocenters. The lowest BCUT2D eigenvalue weighted by molar-refractivity contribution is 0.357. The van der Waals surface area contributed by atoms with Gasteiger partial charge in [0.1, 0.15) is 5.75 Å². The Kier molecular flexibility index (Phi) is 3.26. The molecule has 2 nitrogen and oxygen atoms in total. The van der Waals surface area contributed by atoms with E-state index in [9.17, 15) is 0 Å². The van der Waals surface area contributed by atoms with E-state index in [4.69, 9.17) is 10.5 Å². The lowest BCUT2D eigenvalue weighted by Gasteiger charge is -2.14. The molecule has 19 heavy (non-hydrogen) atoms. The van der Waals surface area contributed by atoms with Crippen LogP contribution in [0.25, 0.3) is 0 Å². The highest BCUT2D eigenvalue weighted by atomic mass is 16.5. The minimum Gasteiger partial charge on any atom is -0.493 e. The molecule has 3 rings (SSSR count). The van der Waals surface area contributed by atoms with Crippen molar-refractivity contribution in [2.45, 2.75) is 25.8 Å². The molecule has 2 aromatic rings. The highest BCUT2D eigenvalue weighted by Gasteiger charge is 2.15. The average Bonchev–Trinajstić information content (AvgIpc) is 2.88. The van der Waals surface area contributed by atoms with Crippen molar-refractivity contribution < 1.29 is 4.74 Å². The predicted molar refractivity (Wildman–Crippen MR) is 77.5 cm³/mol. The van der Waals surface area contributed by atoms with Crippen LogP contribution in [0.3, 0.4) is 0 Å². The minimum absolute atomic E-state index is 0.0481. The van der Waals surface area contributed by atoms with E-state index in [-0.39, 0.29) is 6.04 Å². The molecule has 1 unspecified atom stereocenters. The van der Waals surface area contributed by atoms with Crippen LogP contribution >= 0.6 is 0 Å². The molecule has 0 spiro atoms. The van der Waals surface area contributed by atoms with Crippen molar-refractivity contribution in [1.29, 1.82) is 0 Å². The van der Waals surface area contributed by atoms with Crippen LogP contribution in [0.1, 0.15) is 28.3 Å². The van der Waals surface area contributed by atoms with Crippen LogP contribution in [0.4, 0.5) is 0 Å². The molecule has 0 amide bonds. The number of benzene rings is 2. The number of rotatable bonds is 3. The van der Waals surface area contributed by atoms with Crippen molar-refractivity contribution in [3.63, 3.8) is 0 Å². The lowest BCUT2D eigenvalue weighted by Crippen LogP contribution is -2.14. The summed E-state index contributed by atoms with van der Waals surface area (Å²) in [6.45, 7) is 2.93. The topological polar surface area (TPSA) is 35.2 Å². The SMILES string of the molecule is Cc1ccccc1CC(N)c1ccc2c(c1)CCO2. The number of nitrogens with two attached hydrogens (primary N) is 1. The molecule has 1 aliphatic heterocycles. The first-order chi connectivity index (χ1) is 9.24. The summed E-state index contributed by atoms with van der Waals surface area (Å²) in [6, 6.07) is 14.8. The third-order valence-corrected chi connectivity index (χ3v) is 3.84. The molecular weight excluding hydrogens is 234 g/mol. The number of hydrogen-bond acceptors (Lipinski definition) is 2. The van der Waals surface area contributed by atoms with Crippen LogP contribution in [-0.4, -0.2) is 6.61 Å². The van der Waals surface area contributed by atoms with Crippen LogP contribution < -0.4 is 10.5 Å². The first kappa shape index (κ1) is 12.2. The second-order valence-corrected chi connectivity index (χ2v) is 5.20. The van der Waals surface area contributed by atoms with Gasteiger partial charge < -0.3 is 10.5 Å². The van der Waals surface area contributed by atoms with Crippen molar-refractivity contribution in [3.05, 3.63) is 64.7 Å². The van der Waals surface area contributed by atoms with E-state index in [1.807, 2.05) is 0 Å². The van der Waals surface area contributed by atoms with Gasteiger partial charge in [0, 0.05) is 12.5 Å². The summed E-state index contributed by atoms with van der Waals surface area (Å²) < 4.78 is 5.53. The Hall–Kier alpha value is -1.80. The standard InChI is InChI=1S/C17H19NO/c1-12-4-2-3-5-13(12)11-16(18)14-6-7-17-15(10-14)8-9-19-17/h2-7,10,16H,8-9,11,18H2,1H3. The van der Waals surface area contributed by atoms with E-state index >= 15 is 0 Å². The van der Waals surface area contributed by atoms with Crippen LogP contribution in [0.2, 0.25) is 0 Å². The lowest BCUT2D eigenvalue weighted by atomic mass is 9.95. The molecule has 0 saturated heterocycles. The molecule has 0 aromatic heterocycles. The van der Waals surface area contributed by atoms with Crippen LogP contribution in [0.15, 0.2) is 42.5 Å². The van der Waals surface area contributed by atoms with Crippen molar-refractivity contribution in [1.82, 2.24) is 0 Å². The molecule has 0 bridgehead atoms. The Morgan fingerprint density at radius 1 is 1.21 bits per heavy atom. The van der Waals surface area contributed by atoms with E-state index in [1.54, 1.807) is 0 Å². The Morgan fingerprint density at radius 3 is 2.89 bits per heavy atom. The highest BCUT2D eigenvalue weighted by molar-refractivity contribution is 5.41. The Morgan fingerprint density at radius 2 is 2.05 bits per heavy atom. The Bertz CT molecular complexity index is 592. The molecule has 2 heteroatoms. The Labute approximate surface area is 114 Å². The molecule has 0 aliphatic carbocycles. The molecule has 2 N–H and O–H groups in total. The van der Waals surface area contributed by atoms with E-state index in [1.165, 1.54) is 22.3 Å². The molecule has 0 saturated carbocycles. The highest BCUT2D eigenvalue weighted by Crippen LogP contribution is 2.28. The van der Waals surface area contributed by atoms with Crippen LogP contribution in [-0.2, 0) is 12.8 Å². The van der Waals surface area contributed by atoms with Crippen LogP contribution in [0, 0.1) is 6.92 Å². The summed E-state index contributed by atoms with van der Waals surface area (Å²) in [7, 11) is 0. The van der Waals surface area contributed by atoms with Gasteiger partial charge in [0.05, 0.1) is 6.61 Å². The normalized spacial score (nSPS) is 14.8. The largest absolute Gasteiger partial charge is 0.493 e. The molecule has 1 aliphatic rings. The van der Waals surface area contributed by atoms with Gasteiger partial charge in [-0.2, -0.15) is 0 Å². The third-order valence-electron chi connectivity index (χ3n) is 3.84. The van der Waals surface area contributed by atoms with Crippen molar-refractivity contribution in [3.8, 4) is 5.75 Å². The fraction of sp³-hybridized carbons (Fsp3) is 0.294. The first-order valence-corrected chi connectivity index (χ1v) is 6.80. The van der Waals surface area contributed by atoms with Gasteiger partial charge in [-0.25, -0.2) is 0 Å². The smallest absolute Gasteiger partial charge is 0.122 e. The zero-order valence-electron chi connectivity index (χ0n) is 11.2. The van der Waals surface area contributed by atoms with Gasteiger partial charge in [-0.1, -0.05) is 36.4 Å². The second kappa shape index (κ2) is 5.06. The molecule has 0 fully saturated rings. The van der Waals surface area contributed by atoms with Gasteiger partial charge in [0.2, 0.25) is 0 Å². The second-order valence-electron chi connectivity index (χ2n) is 5.20. The molecule has 1 heterocycles. The monoisotopic (exact) mass is 253 g/mol. The number of ether oxygens (including phenoxy) is 1. The third kappa shape index (κ3) is 2.49. The maximum atomic E-state index is 6.35. The van der Waals surface area contributed by atoms with Crippen molar-refractivity contribution in [2.24, 2.45) is 5.73 Å². The fourth-order valence-corrected chi connectivity index (χ4v) is 2.63. The molecule has 0 radical (unpaired) electrons. The van der Waals surface area contributed by atoms with Crippen molar-refractivity contribution >= 4 is 0 Å². The molecule has 2 aromatic carbocycles. The van der Waals surface area contributed by atoms with E-state index < -0.39 is 0 Å². The fourth-order valence-electron chi connectivity index (χ4n) is 2.63. The maximum absolute atomic E-state index is 6.35. The van der Waals surface area contributed by atoms with E-state index in [0.29, 0.717) is 0 Å². The zero-order valence-corrected chi connectivity index (χ0v) is 11.2. The number of aryl methyl sites for hydroxylation is 1. The summed E-state index contributed by atoms with van der Waals surface area (Å²) in [5.74, 6) is 1.02. The summed E-state index contributed by atoms with van der Waals surface area (Å²) in [5.41, 5.74) is 11.5. The first-order valence-electron chi connectivity index (χ1n) is 6.80. The maximum Gasteiger partial charge on any atom is 0.122 e. The zero-order chi connectivity index (χ0) is 13.2. The number of fused-ring (bicyclic) bond motifs is 1. The van der Waals surface area contributed by atoms with Gasteiger partial charge in [-0.15, -0.1) is 0 Å².